The van der Waals surface area contributed by atoms with Gasteiger partial charge in [0.2, 0.25) is 0 Å². The molecule has 1 fully saturated rings. The quantitative estimate of drug-likeness (QED) is 0.272. The van der Waals surface area contributed by atoms with Gasteiger partial charge in [-0.25, -0.2) is 0 Å². The summed E-state index contributed by atoms with van der Waals surface area (Å²) >= 11 is 1.92. The van der Waals surface area contributed by atoms with Crippen molar-refractivity contribution < 1.29 is 14.9 Å². The smallest absolute Gasteiger partial charge is 0.119 e. The van der Waals surface area contributed by atoms with Gasteiger partial charge in [0, 0.05) is 29.6 Å². The van der Waals surface area contributed by atoms with Gasteiger partial charge in [-0.3, -0.25) is 4.98 Å². The Balaban J connectivity index is 1.25. The standard InChI is InChI=1S/C29H38N2O3S/c1-21-4-8-25(9-5-21)35-17-3-15-31-16-13-22(23(19-31)20-32)6-11-29(33)26-12-14-30-28-10-7-24(34-2)18-27(26)28/h4-5,7-10,12,14,18,22-23,29,32-33H,3,6,11,13,15-17,19-20H2,1-2H3/t22-,23-,29-/m1/s1. The first kappa shape index (κ1) is 26.0. The van der Waals surface area contributed by atoms with Crippen molar-refractivity contribution in [1.29, 1.82) is 0 Å². The Bertz CT molecular complexity index is 1080. The van der Waals surface area contributed by atoms with E-state index < -0.39 is 6.10 Å². The molecule has 3 aromatic rings. The van der Waals surface area contributed by atoms with Crippen LogP contribution in [0, 0.1) is 18.8 Å². The van der Waals surface area contributed by atoms with Gasteiger partial charge in [0.1, 0.15) is 5.75 Å². The minimum absolute atomic E-state index is 0.213. The molecule has 1 aromatic heterocycles. The van der Waals surface area contributed by atoms with Crippen LogP contribution in [0.1, 0.15) is 42.9 Å². The van der Waals surface area contributed by atoms with Crippen molar-refractivity contribution in [2.24, 2.45) is 11.8 Å². The number of likely N-dealkylation sites (tertiary alicyclic amines) is 1. The molecule has 0 saturated carbocycles. The van der Waals surface area contributed by atoms with Gasteiger partial charge in [-0.15, -0.1) is 11.8 Å². The molecule has 2 aromatic carbocycles. The molecule has 1 aliphatic heterocycles. The number of pyridine rings is 1. The number of thioether (sulfide) groups is 1. The number of piperidine rings is 1. The van der Waals surface area contributed by atoms with Crippen LogP contribution in [0.15, 0.2) is 59.6 Å². The van der Waals surface area contributed by atoms with E-state index in [-0.39, 0.29) is 12.5 Å². The fourth-order valence-electron chi connectivity index (χ4n) is 5.15. The lowest BCUT2D eigenvalue weighted by atomic mass is 9.81. The lowest BCUT2D eigenvalue weighted by Crippen LogP contribution is -2.42. The predicted octanol–water partition coefficient (Wildman–Crippen LogP) is 5.48. The van der Waals surface area contributed by atoms with E-state index in [1.807, 2.05) is 36.0 Å². The highest BCUT2D eigenvalue weighted by Gasteiger charge is 2.29. The molecule has 0 unspecified atom stereocenters. The second-order valence-electron chi connectivity index (χ2n) is 9.68. The number of aliphatic hydroxyl groups is 2. The number of ether oxygens (including phenoxy) is 1. The number of hydrogen-bond acceptors (Lipinski definition) is 6. The van der Waals surface area contributed by atoms with Crippen LogP contribution in [0.5, 0.6) is 5.75 Å². The van der Waals surface area contributed by atoms with Gasteiger partial charge in [-0.2, -0.15) is 0 Å². The molecule has 3 atom stereocenters. The van der Waals surface area contributed by atoms with Crippen LogP contribution in [0.25, 0.3) is 10.9 Å². The van der Waals surface area contributed by atoms with Gasteiger partial charge in [0.15, 0.2) is 0 Å². The van der Waals surface area contributed by atoms with Crippen molar-refractivity contribution in [3.8, 4) is 5.75 Å². The van der Waals surface area contributed by atoms with Gasteiger partial charge in [0.05, 0.1) is 18.7 Å². The van der Waals surface area contributed by atoms with Gasteiger partial charge in [-0.1, -0.05) is 17.7 Å². The van der Waals surface area contributed by atoms with E-state index in [4.69, 9.17) is 4.74 Å². The van der Waals surface area contributed by atoms with Crippen LogP contribution in [0.4, 0.5) is 0 Å². The average Bonchev–Trinajstić information content (AvgIpc) is 2.90. The molecule has 0 aliphatic carbocycles. The highest BCUT2D eigenvalue weighted by molar-refractivity contribution is 7.99. The Labute approximate surface area is 213 Å². The van der Waals surface area contributed by atoms with E-state index in [0.717, 1.165) is 66.9 Å². The van der Waals surface area contributed by atoms with E-state index in [2.05, 4.69) is 41.1 Å². The SMILES string of the molecule is COc1ccc2nccc([C@H](O)CC[C@@H]3CCN(CCCSc4ccc(C)cc4)C[C@@H]3CO)c2c1. The van der Waals surface area contributed by atoms with E-state index in [9.17, 15) is 10.2 Å². The molecule has 1 aliphatic rings. The Morgan fingerprint density at radius 1 is 1.14 bits per heavy atom. The number of aromatic nitrogens is 1. The van der Waals surface area contributed by atoms with Crippen molar-refractivity contribution in [3.63, 3.8) is 0 Å². The molecule has 0 radical (unpaired) electrons. The number of fused-ring (bicyclic) bond motifs is 1. The van der Waals surface area contributed by atoms with Gasteiger partial charge in [0.25, 0.3) is 0 Å². The number of rotatable bonds is 11. The second kappa shape index (κ2) is 12.7. The van der Waals surface area contributed by atoms with E-state index >= 15 is 0 Å². The summed E-state index contributed by atoms with van der Waals surface area (Å²) < 4.78 is 5.37. The molecule has 0 spiro atoms. The molecule has 0 amide bonds. The first-order valence-corrected chi connectivity index (χ1v) is 13.7. The molecule has 6 heteroatoms. The zero-order valence-electron chi connectivity index (χ0n) is 20.9. The van der Waals surface area contributed by atoms with Crippen molar-refractivity contribution in [2.75, 3.05) is 39.1 Å². The molecule has 4 rings (SSSR count). The number of nitrogens with zero attached hydrogens (tertiary/aromatic N) is 2. The molecule has 35 heavy (non-hydrogen) atoms. The third-order valence-electron chi connectivity index (χ3n) is 7.27. The largest absolute Gasteiger partial charge is 0.497 e. The summed E-state index contributed by atoms with van der Waals surface area (Å²) in [5.41, 5.74) is 3.07. The predicted molar refractivity (Wildman–Crippen MR) is 144 cm³/mol. The lowest BCUT2D eigenvalue weighted by Gasteiger charge is -2.38. The number of benzene rings is 2. The fraction of sp³-hybridized carbons (Fsp3) is 0.483. The zero-order chi connectivity index (χ0) is 24.6. The highest BCUT2D eigenvalue weighted by atomic mass is 32.2. The maximum atomic E-state index is 11.0. The third kappa shape index (κ3) is 6.98. The Morgan fingerprint density at radius 3 is 2.74 bits per heavy atom. The highest BCUT2D eigenvalue weighted by Crippen LogP contribution is 2.33. The number of aliphatic hydroxyl groups excluding tert-OH is 2. The second-order valence-corrected chi connectivity index (χ2v) is 10.9. The van der Waals surface area contributed by atoms with Crippen molar-refractivity contribution in [1.82, 2.24) is 9.88 Å². The maximum absolute atomic E-state index is 11.0. The van der Waals surface area contributed by atoms with Crippen LogP contribution in [-0.4, -0.2) is 59.2 Å². The minimum Gasteiger partial charge on any atom is -0.497 e. The molecule has 1 saturated heterocycles. The van der Waals surface area contributed by atoms with Crippen LogP contribution in [0.3, 0.4) is 0 Å². The van der Waals surface area contributed by atoms with Crippen LogP contribution >= 0.6 is 11.8 Å². The summed E-state index contributed by atoms with van der Waals surface area (Å²) in [4.78, 5) is 8.27. The monoisotopic (exact) mass is 494 g/mol. The van der Waals surface area contributed by atoms with Crippen LogP contribution in [0.2, 0.25) is 0 Å². The van der Waals surface area contributed by atoms with Crippen molar-refractivity contribution >= 4 is 22.7 Å². The van der Waals surface area contributed by atoms with Gasteiger partial charge >= 0.3 is 0 Å². The zero-order valence-corrected chi connectivity index (χ0v) is 21.7. The molecule has 0 bridgehead atoms. The number of hydrogen-bond donors (Lipinski definition) is 2. The molecular weight excluding hydrogens is 456 g/mol. The van der Waals surface area contributed by atoms with Crippen molar-refractivity contribution in [3.05, 3.63) is 65.9 Å². The van der Waals surface area contributed by atoms with Gasteiger partial charge in [-0.05, 0) is 105 Å². The molecule has 5 nitrogen and oxygen atoms in total. The Kier molecular flexibility index (Phi) is 9.44. The van der Waals surface area contributed by atoms with Crippen LogP contribution in [-0.2, 0) is 0 Å². The molecule has 2 heterocycles. The topological polar surface area (TPSA) is 65.8 Å². The molecular formula is C29H38N2O3S. The molecule has 2 N–H and O–H groups in total. The Morgan fingerprint density at radius 2 is 1.97 bits per heavy atom. The average molecular weight is 495 g/mol. The summed E-state index contributed by atoms with van der Waals surface area (Å²) in [6.07, 6.45) is 5.04. The third-order valence-corrected chi connectivity index (χ3v) is 8.37. The number of aryl methyl sites for hydroxylation is 1. The van der Waals surface area contributed by atoms with Crippen molar-refractivity contribution in [2.45, 2.75) is 43.6 Å². The maximum Gasteiger partial charge on any atom is 0.119 e. The van der Waals surface area contributed by atoms with E-state index in [1.54, 1.807) is 13.3 Å². The summed E-state index contributed by atoms with van der Waals surface area (Å²) in [6, 6.07) is 16.4. The summed E-state index contributed by atoms with van der Waals surface area (Å²) in [6.45, 7) is 5.43. The normalized spacial score (nSPS) is 19.7. The summed E-state index contributed by atoms with van der Waals surface area (Å²) in [5.74, 6) is 2.60. The van der Waals surface area contributed by atoms with Gasteiger partial charge < -0.3 is 19.8 Å². The van der Waals surface area contributed by atoms with Crippen LogP contribution < -0.4 is 4.74 Å². The molecule has 188 valence electrons. The summed E-state index contributed by atoms with van der Waals surface area (Å²) in [5, 5.41) is 22.1. The van der Waals surface area contributed by atoms with E-state index in [1.165, 1.54) is 10.5 Å². The first-order valence-electron chi connectivity index (χ1n) is 12.7. The first-order chi connectivity index (χ1) is 17.1. The minimum atomic E-state index is -0.552. The Hall–Kier alpha value is -2.12. The summed E-state index contributed by atoms with van der Waals surface area (Å²) in [7, 11) is 1.65. The van der Waals surface area contributed by atoms with E-state index in [0.29, 0.717) is 12.3 Å². The lowest BCUT2D eigenvalue weighted by molar-refractivity contribution is 0.0581. The number of methoxy groups -OCH3 is 1. The fourth-order valence-corrected chi connectivity index (χ4v) is 5.99.